The lowest BCUT2D eigenvalue weighted by molar-refractivity contribution is -0.386. The van der Waals surface area contributed by atoms with E-state index in [9.17, 15) is 23.7 Å². The van der Waals surface area contributed by atoms with Crippen molar-refractivity contribution in [1.82, 2.24) is 4.98 Å². The van der Waals surface area contributed by atoms with Crippen molar-refractivity contribution in [2.75, 3.05) is 7.11 Å². The second-order valence-corrected chi connectivity index (χ2v) is 3.18. The molecule has 1 aromatic rings. The van der Waals surface area contributed by atoms with E-state index in [4.69, 9.17) is 5.11 Å². The second-order valence-electron chi connectivity index (χ2n) is 3.18. The van der Waals surface area contributed by atoms with Gasteiger partial charge in [-0.05, 0) is 0 Å². The van der Waals surface area contributed by atoms with Crippen LogP contribution in [0.15, 0.2) is 6.07 Å². The molecule has 1 aromatic heterocycles. The third-order valence-electron chi connectivity index (χ3n) is 1.97. The van der Waals surface area contributed by atoms with Crippen LogP contribution in [0, 0.1) is 10.1 Å². The molecule has 0 fully saturated rings. The molecule has 0 aliphatic heterocycles. The maximum Gasteiger partial charge on any atom is 0.314 e. The number of alkyl halides is 2. The predicted octanol–water partition coefficient (Wildman–Crippen LogP) is 1.56. The number of hydrogen-bond acceptors (Lipinski definition) is 5. The Labute approximate surface area is 99.2 Å². The van der Waals surface area contributed by atoms with Gasteiger partial charge in [-0.2, -0.15) is 0 Å². The molecular weight excluding hydrogens is 254 g/mol. The lowest BCUT2D eigenvalue weighted by Crippen LogP contribution is -2.08. The molecule has 9 heteroatoms. The van der Waals surface area contributed by atoms with Crippen molar-refractivity contribution in [3.8, 4) is 5.75 Å². The summed E-state index contributed by atoms with van der Waals surface area (Å²) in [5, 5.41) is 19.2. The van der Waals surface area contributed by atoms with Crippen molar-refractivity contribution in [1.29, 1.82) is 0 Å². The Morgan fingerprint density at radius 2 is 2.28 bits per heavy atom. The number of pyridine rings is 1. The fraction of sp³-hybridized carbons (Fsp3) is 0.333. The Bertz CT molecular complexity index is 492. The van der Waals surface area contributed by atoms with Crippen LogP contribution in [0.4, 0.5) is 14.5 Å². The maximum atomic E-state index is 12.7. The molecule has 7 nitrogen and oxygen atoms in total. The number of methoxy groups -OCH3 is 1. The molecule has 1 heterocycles. The van der Waals surface area contributed by atoms with Crippen LogP contribution in [-0.2, 0) is 11.2 Å². The summed E-state index contributed by atoms with van der Waals surface area (Å²) in [6, 6.07) is 0.804. The van der Waals surface area contributed by atoms with Gasteiger partial charge >= 0.3 is 11.7 Å². The number of halogens is 2. The molecule has 0 bridgehead atoms. The Morgan fingerprint density at radius 3 is 2.67 bits per heavy atom. The summed E-state index contributed by atoms with van der Waals surface area (Å²) in [7, 11) is 0.993. The van der Waals surface area contributed by atoms with Crippen LogP contribution in [0.3, 0.4) is 0 Å². The Morgan fingerprint density at radius 1 is 1.67 bits per heavy atom. The molecule has 18 heavy (non-hydrogen) atoms. The van der Waals surface area contributed by atoms with E-state index in [1.165, 1.54) is 0 Å². The first-order valence-corrected chi connectivity index (χ1v) is 4.59. The van der Waals surface area contributed by atoms with Gasteiger partial charge in [0.05, 0.1) is 24.1 Å². The molecule has 0 atom stereocenters. The van der Waals surface area contributed by atoms with Gasteiger partial charge in [-0.1, -0.05) is 0 Å². The molecule has 0 aromatic carbocycles. The van der Waals surface area contributed by atoms with Crippen molar-refractivity contribution in [3.05, 3.63) is 27.6 Å². The lowest BCUT2D eigenvalue weighted by atomic mass is 10.2. The van der Waals surface area contributed by atoms with Gasteiger partial charge < -0.3 is 9.84 Å². The third-order valence-corrected chi connectivity index (χ3v) is 1.97. The van der Waals surface area contributed by atoms with Crippen molar-refractivity contribution < 1.29 is 28.3 Å². The number of aliphatic carboxylic acids is 1. The zero-order valence-corrected chi connectivity index (χ0v) is 9.09. The molecule has 0 unspecified atom stereocenters. The number of carboxylic acid groups (broad SMARTS) is 1. The highest BCUT2D eigenvalue weighted by atomic mass is 19.3. The van der Waals surface area contributed by atoms with Crippen molar-refractivity contribution >= 4 is 11.7 Å². The molecule has 0 amide bonds. The highest BCUT2D eigenvalue weighted by molar-refractivity contribution is 5.70. The minimum atomic E-state index is -3.10. The van der Waals surface area contributed by atoms with Gasteiger partial charge in [0.2, 0.25) is 5.75 Å². The van der Waals surface area contributed by atoms with Crippen LogP contribution in [0.2, 0.25) is 0 Å². The number of aromatic nitrogens is 1. The van der Waals surface area contributed by atoms with Crippen LogP contribution in [0.25, 0.3) is 0 Å². The normalized spacial score (nSPS) is 10.4. The summed E-state index contributed by atoms with van der Waals surface area (Å²) >= 11 is 0. The van der Waals surface area contributed by atoms with Crippen LogP contribution in [-0.4, -0.2) is 28.1 Å². The summed E-state index contributed by atoms with van der Waals surface area (Å²) < 4.78 is 29.9. The highest BCUT2D eigenvalue weighted by Gasteiger charge is 2.27. The molecule has 0 aliphatic rings. The maximum absolute atomic E-state index is 12.7. The van der Waals surface area contributed by atoms with E-state index in [1.807, 2.05) is 0 Å². The molecule has 0 radical (unpaired) electrons. The molecular formula is C9H8F2N2O5. The predicted molar refractivity (Wildman–Crippen MR) is 53.7 cm³/mol. The number of hydrogen-bond donors (Lipinski definition) is 1. The topological polar surface area (TPSA) is 103 Å². The number of carboxylic acids is 1. The van der Waals surface area contributed by atoms with Gasteiger partial charge in [-0.3, -0.25) is 14.9 Å². The number of rotatable bonds is 5. The fourth-order valence-corrected chi connectivity index (χ4v) is 1.33. The Kier molecular flexibility index (Phi) is 4.08. The van der Waals surface area contributed by atoms with Gasteiger partial charge in [-0.25, -0.2) is 13.8 Å². The zero-order valence-electron chi connectivity index (χ0n) is 9.09. The number of nitro groups is 1. The van der Waals surface area contributed by atoms with Crippen molar-refractivity contribution in [2.45, 2.75) is 12.8 Å². The van der Waals surface area contributed by atoms with Crippen LogP contribution < -0.4 is 4.74 Å². The van der Waals surface area contributed by atoms with Crippen molar-refractivity contribution in [2.24, 2.45) is 0 Å². The van der Waals surface area contributed by atoms with Crippen molar-refractivity contribution in [3.63, 3.8) is 0 Å². The zero-order chi connectivity index (χ0) is 13.9. The van der Waals surface area contributed by atoms with E-state index in [-0.39, 0.29) is 5.69 Å². The minimum absolute atomic E-state index is 0.328. The van der Waals surface area contributed by atoms with E-state index >= 15 is 0 Å². The first-order valence-electron chi connectivity index (χ1n) is 4.59. The molecule has 98 valence electrons. The Balaban J connectivity index is 3.43. The molecule has 0 spiro atoms. The highest BCUT2D eigenvalue weighted by Crippen LogP contribution is 2.35. The van der Waals surface area contributed by atoms with Crippen LogP contribution in [0.1, 0.15) is 17.8 Å². The largest absolute Gasteiger partial charge is 0.489 e. The molecule has 0 aliphatic carbocycles. The Hall–Kier alpha value is -2.32. The fourth-order valence-electron chi connectivity index (χ4n) is 1.33. The van der Waals surface area contributed by atoms with E-state index in [2.05, 4.69) is 9.72 Å². The summed E-state index contributed by atoms with van der Waals surface area (Å²) in [6.07, 6.45) is -3.79. The smallest absolute Gasteiger partial charge is 0.314 e. The first-order chi connectivity index (χ1) is 8.36. The first kappa shape index (κ1) is 13.7. The van der Waals surface area contributed by atoms with E-state index in [1.54, 1.807) is 0 Å². The summed E-state index contributed by atoms with van der Waals surface area (Å²) in [5.74, 6) is -1.99. The van der Waals surface area contributed by atoms with Gasteiger partial charge in [-0.15, -0.1) is 0 Å². The SMILES string of the molecule is COc1c([N+](=O)[O-])cc(CC(=O)O)nc1C(F)F. The molecule has 1 rings (SSSR count). The molecule has 1 N–H and O–H groups in total. The van der Waals surface area contributed by atoms with E-state index < -0.39 is 40.9 Å². The van der Waals surface area contributed by atoms with Crippen LogP contribution >= 0.6 is 0 Å². The quantitative estimate of drug-likeness (QED) is 0.638. The summed E-state index contributed by atoms with van der Waals surface area (Å²) in [5.41, 5.74) is -2.01. The molecule has 0 saturated carbocycles. The van der Waals surface area contributed by atoms with Gasteiger partial charge in [0, 0.05) is 6.07 Å². The second kappa shape index (κ2) is 5.34. The number of nitrogens with zero attached hydrogens (tertiary/aromatic N) is 2. The van der Waals surface area contributed by atoms with Crippen LogP contribution in [0.5, 0.6) is 5.75 Å². The lowest BCUT2D eigenvalue weighted by Gasteiger charge is -2.09. The van der Waals surface area contributed by atoms with E-state index in [0.717, 1.165) is 13.2 Å². The third kappa shape index (κ3) is 2.87. The minimum Gasteiger partial charge on any atom is -0.489 e. The standard InChI is InChI=1S/C9H8F2N2O5/c1-18-8-5(13(16)17)2-4(3-6(14)15)12-7(8)9(10)11/h2,9H,3H2,1H3,(H,14,15). The number of ether oxygens (including phenoxy) is 1. The monoisotopic (exact) mass is 262 g/mol. The average molecular weight is 262 g/mol. The van der Waals surface area contributed by atoms with E-state index in [0.29, 0.717) is 0 Å². The van der Waals surface area contributed by atoms with Gasteiger partial charge in [0.25, 0.3) is 6.43 Å². The summed E-state index contributed by atoms with van der Waals surface area (Å²) in [4.78, 5) is 23.6. The summed E-state index contributed by atoms with van der Waals surface area (Å²) in [6.45, 7) is 0. The van der Waals surface area contributed by atoms with Gasteiger partial charge in [0.15, 0.2) is 5.69 Å². The molecule has 0 saturated heterocycles. The average Bonchev–Trinajstić information content (AvgIpc) is 2.26. The number of carbonyl (C=O) groups is 1. The van der Waals surface area contributed by atoms with Gasteiger partial charge in [0.1, 0.15) is 0 Å².